The van der Waals surface area contributed by atoms with E-state index in [0.29, 0.717) is 41.9 Å². The first-order valence-electron chi connectivity index (χ1n) is 9.53. The molecule has 4 N–H and O–H groups in total. The number of benzene rings is 1. The number of hydrogen-bond donors (Lipinski definition) is 3. The minimum absolute atomic E-state index is 0.236. The smallest absolute Gasteiger partial charge is 0.243 e. The largest absolute Gasteiger partial charge is 0.393 e. The van der Waals surface area contributed by atoms with Crippen LogP contribution < -0.4 is 16.4 Å². The van der Waals surface area contributed by atoms with Crippen molar-refractivity contribution in [3.05, 3.63) is 54.5 Å². The summed E-state index contributed by atoms with van der Waals surface area (Å²) >= 11 is 0. The van der Waals surface area contributed by atoms with Crippen molar-refractivity contribution in [2.24, 2.45) is 0 Å². The van der Waals surface area contributed by atoms with Gasteiger partial charge in [0.2, 0.25) is 10.0 Å². The minimum atomic E-state index is -3.51. The molecular formula is C20H25N7O2S. The average Bonchev–Trinajstić information content (AvgIpc) is 2.72. The van der Waals surface area contributed by atoms with E-state index in [0.717, 1.165) is 5.69 Å². The zero-order valence-electron chi connectivity index (χ0n) is 17.1. The summed E-state index contributed by atoms with van der Waals surface area (Å²) in [6, 6.07) is 12.1. The molecule has 10 heteroatoms. The lowest BCUT2D eigenvalue weighted by Crippen LogP contribution is -2.30. The van der Waals surface area contributed by atoms with Crippen molar-refractivity contribution >= 4 is 38.9 Å². The lowest BCUT2D eigenvalue weighted by Gasteiger charge is -2.18. The lowest BCUT2D eigenvalue weighted by atomic mass is 10.3. The Morgan fingerprint density at radius 1 is 0.967 bits per heavy atom. The number of rotatable bonds is 8. The Hall–Kier alpha value is -3.24. The van der Waals surface area contributed by atoms with E-state index in [1.807, 2.05) is 39.0 Å². The van der Waals surface area contributed by atoms with Gasteiger partial charge in [0, 0.05) is 24.5 Å². The molecule has 0 bridgehead atoms. The zero-order chi connectivity index (χ0) is 21.7. The SMILES string of the molecule is CCN(CC)S(=O)(=O)c1ccc(Nc2ncnc(Nc3cccc(C)n3)c2N)cc1. The van der Waals surface area contributed by atoms with Gasteiger partial charge in [-0.05, 0) is 43.3 Å². The molecule has 0 atom stereocenters. The van der Waals surface area contributed by atoms with Crippen LogP contribution in [0.2, 0.25) is 0 Å². The second-order valence-electron chi connectivity index (χ2n) is 6.51. The summed E-state index contributed by atoms with van der Waals surface area (Å²) in [5, 5.41) is 6.18. The van der Waals surface area contributed by atoms with Gasteiger partial charge in [0.15, 0.2) is 11.6 Å². The molecule has 2 aromatic heterocycles. The van der Waals surface area contributed by atoms with Crippen LogP contribution >= 0.6 is 0 Å². The van der Waals surface area contributed by atoms with E-state index in [1.54, 1.807) is 24.3 Å². The molecular weight excluding hydrogens is 402 g/mol. The number of nitrogen functional groups attached to an aromatic ring is 1. The van der Waals surface area contributed by atoms with Crippen LogP contribution in [0.25, 0.3) is 0 Å². The van der Waals surface area contributed by atoms with Crippen molar-refractivity contribution in [3.8, 4) is 0 Å². The second-order valence-corrected chi connectivity index (χ2v) is 8.45. The first kappa shape index (κ1) is 21.5. The van der Waals surface area contributed by atoms with E-state index >= 15 is 0 Å². The summed E-state index contributed by atoms with van der Waals surface area (Å²) < 4.78 is 26.6. The molecule has 0 aliphatic carbocycles. The van der Waals surface area contributed by atoms with Gasteiger partial charge in [-0.2, -0.15) is 4.31 Å². The molecule has 1 aromatic carbocycles. The zero-order valence-corrected chi connectivity index (χ0v) is 17.9. The molecule has 9 nitrogen and oxygen atoms in total. The molecule has 30 heavy (non-hydrogen) atoms. The molecule has 0 saturated carbocycles. The quantitative estimate of drug-likeness (QED) is 0.500. The Morgan fingerprint density at radius 2 is 1.60 bits per heavy atom. The molecule has 0 radical (unpaired) electrons. The number of aromatic nitrogens is 3. The number of hydrogen-bond acceptors (Lipinski definition) is 8. The van der Waals surface area contributed by atoms with Crippen LogP contribution in [-0.4, -0.2) is 40.8 Å². The van der Waals surface area contributed by atoms with Crippen LogP contribution in [0.1, 0.15) is 19.5 Å². The number of sulfonamides is 1. The normalized spacial score (nSPS) is 11.5. The number of anilines is 5. The highest BCUT2D eigenvalue weighted by Gasteiger charge is 2.21. The van der Waals surface area contributed by atoms with E-state index < -0.39 is 10.0 Å². The molecule has 0 saturated heterocycles. The third-order valence-corrected chi connectivity index (χ3v) is 6.54. The molecule has 0 aliphatic rings. The first-order chi connectivity index (χ1) is 14.3. The molecule has 158 valence electrons. The van der Waals surface area contributed by atoms with Crippen molar-refractivity contribution < 1.29 is 8.42 Å². The second kappa shape index (κ2) is 9.06. The number of pyridine rings is 1. The molecule has 0 fully saturated rings. The third kappa shape index (κ3) is 4.66. The Balaban J connectivity index is 1.80. The summed E-state index contributed by atoms with van der Waals surface area (Å²) in [7, 11) is -3.51. The third-order valence-electron chi connectivity index (χ3n) is 4.48. The fraction of sp³-hybridized carbons (Fsp3) is 0.250. The standard InChI is InChI=1S/C20H25N7O2S/c1-4-27(5-2)30(28,29)16-11-9-15(10-12-16)25-19-18(21)20(23-13-22-19)26-17-8-6-7-14(3)24-17/h6-13H,4-5,21H2,1-3H3,(H2,22,23,24,25,26). The number of nitrogens with zero attached hydrogens (tertiary/aromatic N) is 4. The van der Waals surface area contributed by atoms with Gasteiger partial charge in [-0.1, -0.05) is 19.9 Å². The van der Waals surface area contributed by atoms with Gasteiger partial charge >= 0.3 is 0 Å². The van der Waals surface area contributed by atoms with E-state index in [1.165, 1.54) is 10.6 Å². The van der Waals surface area contributed by atoms with Gasteiger partial charge in [-0.15, -0.1) is 0 Å². The highest BCUT2D eigenvalue weighted by molar-refractivity contribution is 7.89. The Kier molecular flexibility index (Phi) is 6.48. The first-order valence-corrected chi connectivity index (χ1v) is 11.0. The Morgan fingerprint density at radius 3 is 2.20 bits per heavy atom. The molecule has 0 spiro atoms. The number of aryl methyl sites for hydroxylation is 1. The Labute approximate surface area is 176 Å². The van der Waals surface area contributed by atoms with Crippen LogP contribution in [-0.2, 0) is 10.0 Å². The van der Waals surface area contributed by atoms with E-state index in [2.05, 4.69) is 25.6 Å². The molecule has 3 rings (SSSR count). The number of nitrogens with two attached hydrogens (primary N) is 1. The van der Waals surface area contributed by atoms with Crippen LogP contribution in [0.15, 0.2) is 53.7 Å². The van der Waals surface area contributed by atoms with Crippen LogP contribution in [0, 0.1) is 6.92 Å². The highest BCUT2D eigenvalue weighted by Crippen LogP contribution is 2.28. The van der Waals surface area contributed by atoms with Crippen LogP contribution in [0.5, 0.6) is 0 Å². The fourth-order valence-electron chi connectivity index (χ4n) is 2.89. The molecule has 0 aliphatic heterocycles. The summed E-state index contributed by atoms with van der Waals surface area (Å²) in [5.41, 5.74) is 8.05. The van der Waals surface area contributed by atoms with E-state index in [4.69, 9.17) is 5.73 Å². The lowest BCUT2D eigenvalue weighted by molar-refractivity contribution is 0.445. The van der Waals surface area contributed by atoms with Crippen molar-refractivity contribution in [2.45, 2.75) is 25.7 Å². The van der Waals surface area contributed by atoms with Crippen molar-refractivity contribution in [3.63, 3.8) is 0 Å². The summed E-state index contributed by atoms with van der Waals surface area (Å²) in [4.78, 5) is 13.0. The average molecular weight is 428 g/mol. The van der Waals surface area contributed by atoms with Crippen LogP contribution in [0.4, 0.5) is 28.8 Å². The molecule has 3 aromatic rings. The Bertz CT molecular complexity index is 1110. The maximum atomic E-state index is 12.6. The van der Waals surface area contributed by atoms with E-state index in [-0.39, 0.29) is 4.90 Å². The van der Waals surface area contributed by atoms with Gasteiger partial charge in [0.1, 0.15) is 17.8 Å². The molecule has 0 amide bonds. The maximum Gasteiger partial charge on any atom is 0.243 e. The number of nitrogens with one attached hydrogen (secondary N) is 2. The van der Waals surface area contributed by atoms with Crippen molar-refractivity contribution in [1.29, 1.82) is 0 Å². The van der Waals surface area contributed by atoms with Gasteiger partial charge in [0.05, 0.1) is 4.90 Å². The van der Waals surface area contributed by atoms with Crippen molar-refractivity contribution in [2.75, 3.05) is 29.5 Å². The van der Waals surface area contributed by atoms with Gasteiger partial charge in [-0.3, -0.25) is 0 Å². The molecule has 0 unspecified atom stereocenters. The van der Waals surface area contributed by atoms with Gasteiger partial charge < -0.3 is 16.4 Å². The molecule has 2 heterocycles. The van der Waals surface area contributed by atoms with E-state index in [9.17, 15) is 8.42 Å². The van der Waals surface area contributed by atoms with Gasteiger partial charge in [0.25, 0.3) is 0 Å². The summed E-state index contributed by atoms with van der Waals surface area (Å²) in [6.07, 6.45) is 1.38. The predicted octanol–water partition coefficient (Wildman–Crippen LogP) is 3.28. The monoisotopic (exact) mass is 427 g/mol. The fourth-order valence-corrected chi connectivity index (χ4v) is 4.35. The minimum Gasteiger partial charge on any atom is -0.393 e. The maximum absolute atomic E-state index is 12.6. The van der Waals surface area contributed by atoms with Crippen LogP contribution in [0.3, 0.4) is 0 Å². The van der Waals surface area contributed by atoms with Crippen molar-refractivity contribution in [1.82, 2.24) is 19.3 Å². The topological polar surface area (TPSA) is 126 Å². The summed E-state index contributed by atoms with van der Waals surface area (Å²) in [5.74, 6) is 1.45. The summed E-state index contributed by atoms with van der Waals surface area (Å²) in [6.45, 7) is 6.36. The predicted molar refractivity (Wildman–Crippen MR) is 119 cm³/mol. The highest BCUT2D eigenvalue weighted by atomic mass is 32.2. The van der Waals surface area contributed by atoms with Gasteiger partial charge in [-0.25, -0.2) is 23.4 Å².